The van der Waals surface area contributed by atoms with E-state index in [4.69, 9.17) is 14.6 Å². The lowest BCUT2D eigenvalue weighted by atomic mass is 10.0. The largest absolute Gasteiger partial charge is 0.490 e. The zero-order chi connectivity index (χ0) is 21.2. The topological polar surface area (TPSA) is 84.9 Å². The summed E-state index contributed by atoms with van der Waals surface area (Å²) in [5.74, 6) is -0.538. The fourth-order valence-corrected chi connectivity index (χ4v) is 2.64. The smallest absolute Gasteiger partial charge is 0.326 e. The molecule has 2 aromatic carbocycles. The van der Waals surface area contributed by atoms with Crippen LogP contribution >= 0.6 is 0 Å². The lowest BCUT2D eigenvalue weighted by molar-refractivity contribution is -0.142. The van der Waals surface area contributed by atoms with Crippen LogP contribution < -0.4 is 14.8 Å². The molecule has 2 aromatic rings. The van der Waals surface area contributed by atoms with Crippen molar-refractivity contribution >= 4 is 18.0 Å². The molecule has 0 aromatic heterocycles. The molecule has 0 aliphatic rings. The fraction of sp³-hybridized carbons (Fsp3) is 0.304. The van der Waals surface area contributed by atoms with Crippen molar-refractivity contribution < 1.29 is 24.2 Å². The van der Waals surface area contributed by atoms with E-state index in [0.717, 1.165) is 11.1 Å². The number of hydrogen-bond donors (Lipinski definition) is 2. The van der Waals surface area contributed by atoms with E-state index in [1.165, 1.54) is 6.08 Å². The van der Waals surface area contributed by atoms with Gasteiger partial charge in [-0.1, -0.05) is 50.2 Å². The third kappa shape index (κ3) is 6.99. The second-order valence-corrected chi connectivity index (χ2v) is 6.82. The number of benzene rings is 2. The summed E-state index contributed by atoms with van der Waals surface area (Å²) in [6.07, 6.45) is 2.92. The fourth-order valence-electron chi connectivity index (χ4n) is 2.64. The molecular weight excluding hydrogens is 370 g/mol. The first-order valence-electron chi connectivity index (χ1n) is 9.55. The van der Waals surface area contributed by atoms with Gasteiger partial charge in [0.15, 0.2) is 11.5 Å². The Bertz CT molecular complexity index is 846. The molecule has 2 rings (SSSR count). The van der Waals surface area contributed by atoms with Crippen LogP contribution in [-0.2, 0) is 16.2 Å². The first-order chi connectivity index (χ1) is 13.9. The molecule has 154 valence electrons. The van der Waals surface area contributed by atoms with Gasteiger partial charge in [0.25, 0.3) is 0 Å². The highest BCUT2D eigenvalue weighted by molar-refractivity contribution is 5.94. The van der Waals surface area contributed by atoms with E-state index in [9.17, 15) is 9.59 Å². The van der Waals surface area contributed by atoms with Gasteiger partial charge in [0.1, 0.15) is 12.6 Å². The Morgan fingerprint density at radius 1 is 1.07 bits per heavy atom. The van der Waals surface area contributed by atoms with Crippen LogP contribution in [0.4, 0.5) is 0 Å². The average molecular weight is 397 g/mol. The third-order valence-corrected chi connectivity index (χ3v) is 4.16. The molecule has 6 heteroatoms. The maximum absolute atomic E-state index is 12.1. The normalized spacial score (nSPS) is 12.0. The molecule has 0 heterocycles. The molecule has 2 N–H and O–H groups in total. The van der Waals surface area contributed by atoms with Gasteiger partial charge in [-0.15, -0.1) is 0 Å². The lowest BCUT2D eigenvalue weighted by Gasteiger charge is -2.16. The molecule has 0 aliphatic heterocycles. The van der Waals surface area contributed by atoms with Crippen molar-refractivity contribution in [3.63, 3.8) is 0 Å². The minimum atomic E-state index is -1.06. The zero-order valence-electron chi connectivity index (χ0n) is 16.9. The number of carboxylic acid groups (broad SMARTS) is 1. The third-order valence-electron chi connectivity index (χ3n) is 4.16. The second-order valence-electron chi connectivity index (χ2n) is 6.82. The molecule has 0 saturated heterocycles. The van der Waals surface area contributed by atoms with Crippen molar-refractivity contribution in [3.8, 4) is 11.5 Å². The van der Waals surface area contributed by atoms with Gasteiger partial charge in [0, 0.05) is 6.08 Å². The van der Waals surface area contributed by atoms with Crippen LogP contribution in [0.3, 0.4) is 0 Å². The maximum atomic E-state index is 12.1. The molecule has 0 bridgehead atoms. The minimum absolute atomic E-state index is 0.213. The predicted octanol–water partition coefficient (Wildman–Crippen LogP) is 3.90. The molecule has 0 radical (unpaired) electrons. The van der Waals surface area contributed by atoms with Gasteiger partial charge in [-0.3, -0.25) is 4.79 Å². The van der Waals surface area contributed by atoms with Crippen LogP contribution in [0.25, 0.3) is 6.08 Å². The lowest BCUT2D eigenvalue weighted by Crippen LogP contribution is -2.43. The second kappa shape index (κ2) is 10.9. The van der Waals surface area contributed by atoms with E-state index in [-0.39, 0.29) is 5.92 Å². The number of carbonyl (C=O) groups is 2. The summed E-state index contributed by atoms with van der Waals surface area (Å²) in [6, 6.07) is 14.3. The van der Waals surface area contributed by atoms with E-state index in [1.54, 1.807) is 32.1 Å². The highest BCUT2D eigenvalue weighted by Gasteiger charge is 2.22. The number of amides is 1. The van der Waals surface area contributed by atoms with Crippen molar-refractivity contribution in [1.29, 1.82) is 0 Å². The van der Waals surface area contributed by atoms with Crippen molar-refractivity contribution in [2.75, 3.05) is 6.61 Å². The molecule has 1 unspecified atom stereocenters. The number of carboxylic acids is 1. The Hall–Kier alpha value is -3.28. The van der Waals surface area contributed by atoms with Gasteiger partial charge in [-0.25, -0.2) is 4.79 Å². The molecule has 1 amide bonds. The average Bonchev–Trinajstić information content (AvgIpc) is 2.70. The summed E-state index contributed by atoms with van der Waals surface area (Å²) in [7, 11) is 0. The molecule has 0 spiro atoms. The van der Waals surface area contributed by atoms with Crippen LogP contribution in [0.2, 0.25) is 0 Å². The number of rotatable bonds is 10. The number of carbonyl (C=O) groups excluding carboxylic acids is 1. The Labute approximate surface area is 171 Å². The molecule has 1 atom stereocenters. The standard InChI is InChI=1S/C23H27NO5/c1-4-28-20-14-17(11-13-21(25)24-22(16(2)3)23(26)27)10-12-19(20)29-15-18-8-6-5-7-9-18/h5-14,16,22H,4,15H2,1-3H3,(H,24,25)(H,26,27)/b13-11+. The van der Waals surface area contributed by atoms with Gasteiger partial charge in [0.2, 0.25) is 5.91 Å². The maximum Gasteiger partial charge on any atom is 0.326 e. The highest BCUT2D eigenvalue weighted by Crippen LogP contribution is 2.29. The predicted molar refractivity (Wildman–Crippen MR) is 112 cm³/mol. The summed E-state index contributed by atoms with van der Waals surface area (Å²) in [5.41, 5.74) is 1.79. The van der Waals surface area contributed by atoms with E-state index in [0.29, 0.717) is 24.7 Å². The summed E-state index contributed by atoms with van der Waals surface area (Å²) >= 11 is 0. The van der Waals surface area contributed by atoms with Gasteiger partial charge in [-0.05, 0) is 42.2 Å². The molecule has 6 nitrogen and oxygen atoms in total. The van der Waals surface area contributed by atoms with E-state index < -0.39 is 17.9 Å². The Morgan fingerprint density at radius 3 is 2.41 bits per heavy atom. The highest BCUT2D eigenvalue weighted by atomic mass is 16.5. The molecule has 0 fully saturated rings. The van der Waals surface area contributed by atoms with Crippen LogP contribution in [0.15, 0.2) is 54.6 Å². The van der Waals surface area contributed by atoms with Crippen LogP contribution in [0.1, 0.15) is 31.9 Å². The number of ether oxygens (including phenoxy) is 2. The van der Waals surface area contributed by atoms with E-state index in [2.05, 4.69) is 5.32 Å². The van der Waals surface area contributed by atoms with Crippen molar-refractivity contribution in [1.82, 2.24) is 5.32 Å². The van der Waals surface area contributed by atoms with Crippen LogP contribution in [-0.4, -0.2) is 29.6 Å². The van der Waals surface area contributed by atoms with Crippen molar-refractivity contribution in [3.05, 3.63) is 65.7 Å². The summed E-state index contributed by atoms with van der Waals surface area (Å²) in [5, 5.41) is 11.7. The Kier molecular flexibility index (Phi) is 8.27. The van der Waals surface area contributed by atoms with Crippen LogP contribution in [0, 0.1) is 5.92 Å². The van der Waals surface area contributed by atoms with Gasteiger partial charge in [-0.2, -0.15) is 0 Å². The summed E-state index contributed by atoms with van der Waals surface area (Å²) < 4.78 is 11.5. The first-order valence-corrected chi connectivity index (χ1v) is 9.55. The first kappa shape index (κ1) is 22.0. The van der Waals surface area contributed by atoms with Crippen molar-refractivity contribution in [2.45, 2.75) is 33.4 Å². The minimum Gasteiger partial charge on any atom is -0.490 e. The molecule has 0 aliphatic carbocycles. The monoisotopic (exact) mass is 397 g/mol. The van der Waals surface area contributed by atoms with Gasteiger partial charge in [0.05, 0.1) is 6.61 Å². The molecule has 0 saturated carbocycles. The van der Waals surface area contributed by atoms with Gasteiger partial charge >= 0.3 is 5.97 Å². The molecule has 29 heavy (non-hydrogen) atoms. The van der Waals surface area contributed by atoms with Crippen molar-refractivity contribution in [2.24, 2.45) is 5.92 Å². The zero-order valence-corrected chi connectivity index (χ0v) is 16.9. The Morgan fingerprint density at radius 2 is 1.79 bits per heavy atom. The van der Waals surface area contributed by atoms with E-state index >= 15 is 0 Å². The summed E-state index contributed by atoms with van der Waals surface area (Å²) in [6.45, 7) is 6.26. The SMILES string of the molecule is CCOc1cc(/C=C/C(=O)NC(C(=O)O)C(C)C)ccc1OCc1ccccc1. The Balaban J connectivity index is 2.07. The number of aliphatic carboxylic acids is 1. The van der Waals surface area contributed by atoms with E-state index in [1.807, 2.05) is 43.3 Å². The summed E-state index contributed by atoms with van der Waals surface area (Å²) in [4.78, 5) is 23.3. The molecular formula is C23H27NO5. The number of hydrogen-bond acceptors (Lipinski definition) is 4. The van der Waals surface area contributed by atoms with Gasteiger partial charge < -0.3 is 19.9 Å². The van der Waals surface area contributed by atoms with Crippen LogP contribution in [0.5, 0.6) is 11.5 Å². The quantitative estimate of drug-likeness (QED) is 0.594. The number of nitrogens with one attached hydrogen (secondary N) is 1.